The zero-order valence-electron chi connectivity index (χ0n) is 24.4. The Kier molecular flexibility index (Phi) is 8.38. The maximum Gasteiger partial charge on any atom is 0.387 e. The van der Waals surface area contributed by atoms with Crippen LogP contribution < -0.4 is 15.8 Å². The lowest BCUT2D eigenvalue weighted by molar-refractivity contribution is -0.134. The smallest absolute Gasteiger partial charge is 0.387 e. The Balaban J connectivity index is 1.10. The van der Waals surface area contributed by atoms with E-state index in [1.54, 1.807) is 59.1 Å². The number of H-pyrrole nitrogens is 1. The van der Waals surface area contributed by atoms with E-state index >= 15 is 0 Å². The van der Waals surface area contributed by atoms with E-state index < -0.39 is 12.7 Å². The standard InChI is InChI=1S/C31H31F2N9O3/c1-19-14-21(39-27-28-37-17-26(42(28)9-8-36-27)20-2-5-23(6-3-20)45-31(32)33)4-7-24(19)29(43)40-10-12-41(13-11-40)30(44)25(34)15-22-16-35-18-38-22/h2-9,14,16-18,25,31H,10-13,15,34H2,1H3,(H,35,38)(H,36,39)/t25-/m0/s1. The predicted octanol–water partition coefficient (Wildman–Crippen LogP) is 3.63. The minimum absolute atomic E-state index is 0.0724. The molecule has 1 fully saturated rings. The van der Waals surface area contributed by atoms with E-state index in [1.165, 1.54) is 12.1 Å². The van der Waals surface area contributed by atoms with Crippen molar-refractivity contribution in [3.05, 3.63) is 90.4 Å². The van der Waals surface area contributed by atoms with Crippen LogP contribution in [-0.4, -0.2) is 84.8 Å². The monoisotopic (exact) mass is 615 g/mol. The number of nitrogens with two attached hydrogens (primary N) is 1. The summed E-state index contributed by atoms with van der Waals surface area (Å²) in [5.41, 5.74) is 11.1. The lowest BCUT2D eigenvalue weighted by Gasteiger charge is -2.36. The number of halogens is 2. The summed E-state index contributed by atoms with van der Waals surface area (Å²) in [5.74, 6) is 0.333. The molecule has 1 saturated heterocycles. The molecule has 2 aromatic carbocycles. The number of nitrogens with one attached hydrogen (secondary N) is 2. The van der Waals surface area contributed by atoms with Gasteiger partial charge in [0.2, 0.25) is 5.91 Å². The van der Waals surface area contributed by atoms with Crippen molar-refractivity contribution in [2.75, 3.05) is 31.5 Å². The summed E-state index contributed by atoms with van der Waals surface area (Å²) in [6.45, 7) is 0.632. The van der Waals surface area contributed by atoms with Crippen molar-refractivity contribution in [3.8, 4) is 17.0 Å². The highest BCUT2D eigenvalue weighted by Gasteiger charge is 2.28. The van der Waals surface area contributed by atoms with Crippen molar-refractivity contribution in [3.63, 3.8) is 0 Å². The minimum atomic E-state index is -2.89. The summed E-state index contributed by atoms with van der Waals surface area (Å²) >= 11 is 0. The Morgan fingerprint density at radius 3 is 2.49 bits per heavy atom. The number of ether oxygens (including phenoxy) is 1. The average Bonchev–Trinajstić information content (AvgIpc) is 3.71. The normalized spacial score (nSPS) is 14.2. The number of amides is 2. The second kappa shape index (κ2) is 12.7. The van der Waals surface area contributed by atoms with Crippen LogP contribution in [0.15, 0.2) is 73.6 Å². The van der Waals surface area contributed by atoms with Gasteiger partial charge in [0, 0.05) is 73.7 Å². The van der Waals surface area contributed by atoms with Crippen LogP contribution in [0.1, 0.15) is 21.6 Å². The van der Waals surface area contributed by atoms with Crippen molar-refractivity contribution in [2.45, 2.75) is 26.0 Å². The molecule has 0 radical (unpaired) electrons. The highest BCUT2D eigenvalue weighted by molar-refractivity contribution is 5.96. The Morgan fingerprint density at radius 2 is 1.80 bits per heavy atom. The van der Waals surface area contributed by atoms with Gasteiger partial charge in [0.15, 0.2) is 11.5 Å². The predicted molar refractivity (Wildman–Crippen MR) is 162 cm³/mol. The van der Waals surface area contributed by atoms with Crippen molar-refractivity contribution in [1.82, 2.24) is 34.1 Å². The van der Waals surface area contributed by atoms with Crippen LogP contribution in [0.4, 0.5) is 20.3 Å². The van der Waals surface area contributed by atoms with Gasteiger partial charge >= 0.3 is 6.61 Å². The first-order valence-electron chi connectivity index (χ1n) is 14.3. The molecular weight excluding hydrogens is 584 g/mol. The molecule has 12 nitrogen and oxygen atoms in total. The van der Waals surface area contributed by atoms with Gasteiger partial charge in [0.1, 0.15) is 5.75 Å². The van der Waals surface area contributed by atoms with Crippen LogP contribution in [0, 0.1) is 6.92 Å². The average molecular weight is 616 g/mol. The van der Waals surface area contributed by atoms with Crippen LogP contribution in [0.25, 0.3) is 16.9 Å². The largest absolute Gasteiger partial charge is 0.435 e. The number of aromatic nitrogens is 5. The lowest BCUT2D eigenvalue weighted by Crippen LogP contribution is -2.54. The maximum atomic E-state index is 13.4. The number of anilines is 2. The fourth-order valence-electron chi connectivity index (χ4n) is 5.40. The SMILES string of the molecule is Cc1cc(Nc2nccn3c(-c4ccc(OC(F)F)cc4)cnc23)ccc1C(=O)N1CCN(C(=O)[C@@H](N)Cc2cnc[nH]2)CC1. The summed E-state index contributed by atoms with van der Waals surface area (Å²) in [6, 6.07) is 11.1. The van der Waals surface area contributed by atoms with E-state index in [0.717, 1.165) is 28.2 Å². The third kappa shape index (κ3) is 6.45. The molecule has 4 N–H and O–H groups in total. The number of imidazole rings is 2. The number of carbonyl (C=O) groups is 2. The topological polar surface area (TPSA) is 147 Å². The number of benzene rings is 2. The van der Waals surface area contributed by atoms with Gasteiger partial charge in [-0.3, -0.25) is 14.0 Å². The molecule has 6 rings (SSSR count). The van der Waals surface area contributed by atoms with Gasteiger partial charge in [-0.05, 0) is 55.0 Å². The molecule has 5 aromatic rings. The molecule has 4 heterocycles. The van der Waals surface area contributed by atoms with E-state index in [1.807, 2.05) is 23.5 Å². The molecule has 14 heteroatoms. The first-order chi connectivity index (χ1) is 21.8. The highest BCUT2D eigenvalue weighted by Crippen LogP contribution is 2.28. The Labute approximate surface area is 256 Å². The molecule has 232 valence electrons. The summed E-state index contributed by atoms with van der Waals surface area (Å²) in [5, 5.41) is 3.29. The molecular formula is C31H31F2N9O3. The molecule has 1 aliphatic heterocycles. The second-order valence-corrected chi connectivity index (χ2v) is 10.7. The number of aryl methyl sites for hydroxylation is 1. The molecule has 1 aliphatic rings. The van der Waals surface area contributed by atoms with Gasteiger partial charge in [-0.1, -0.05) is 0 Å². The van der Waals surface area contributed by atoms with E-state index in [0.29, 0.717) is 49.6 Å². The number of aromatic amines is 1. The van der Waals surface area contributed by atoms with Gasteiger partial charge in [-0.25, -0.2) is 15.0 Å². The summed E-state index contributed by atoms with van der Waals surface area (Å²) in [7, 11) is 0. The number of nitrogens with zero attached hydrogens (tertiary/aromatic N) is 6. The molecule has 3 aromatic heterocycles. The lowest BCUT2D eigenvalue weighted by atomic mass is 10.1. The van der Waals surface area contributed by atoms with Crippen LogP contribution in [0.2, 0.25) is 0 Å². The Bertz CT molecular complexity index is 1800. The minimum Gasteiger partial charge on any atom is -0.435 e. The van der Waals surface area contributed by atoms with Crippen LogP contribution in [-0.2, 0) is 11.2 Å². The van der Waals surface area contributed by atoms with Crippen LogP contribution in [0.5, 0.6) is 5.75 Å². The zero-order chi connectivity index (χ0) is 31.5. The number of hydrogen-bond acceptors (Lipinski definition) is 8. The number of rotatable bonds is 9. The van der Waals surface area contributed by atoms with Gasteiger partial charge in [0.05, 0.1) is 24.3 Å². The summed E-state index contributed by atoms with van der Waals surface area (Å²) < 4.78 is 31.3. The number of piperazine rings is 1. The number of alkyl halides is 2. The molecule has 2 amide bonds. The van der Waals surface area contributed by atoms with E-state index in [2.05, 4.69) is 30.0 Å². The van der Waals surface area contributed by atoms with Crippen molar-refractivity contribution in [1.29, 1.82) is 0 Å². The Hall–Kier alpha value is -5.37. The maximum absolute atomic E-state index is 13.4. The first-order valence-corrected chi connectivity index (χ1v) is 14.3. The Morgan fingerprint density at radius 1 is 1.04 bits per heavy atom. The number of fused-ring (bicyclic) bond motifs is 1. The molecule has 0 saturated carbocycles. The van der Waals surface area contributed by atoms with Gasteiger partial charge < -0.3 is 30.6 Å². The van der Waals surface area contributed by atoms with E-state index in [9.17, 15) is 18.4 Å². The summed E-state index contributed by atoms with van der Waals surface area (Å²) in [6.07, 6.45) is 8.65. The van der Waals surface area contributed by atoms with Crippen LogP contribution >= 0.6 is 0 Å². The van der Waals surface area contributed by atoms with Gasteiger partial charge in [0.25, 0.3) is 5.91 Å². The molecule has 0 bridgehead atoms. The third-order valence-corrected chi connectivity index (χ3v) is 7.71. The van der Waals surface area contributed by atoms with E-state index in [4.69, 9.17) is 5.73 Å². The highest BCUT2D eigenvalue weighted by atomic mass is 19.3. The number of hydrogen-bond donors (Lipinski definition) is 3. The number of carbonyl (C=O) groups excluding carboxylic acids is 2. The molecule has 0 spiro atoms. The fraction of sp³-hybridized carbons (Fsp3) is 0.258. The van der Waals surface area contributed by atoms with Crippen LogP contribution in [0.3, 0.4) is 0 Å². The molecule has 1 atom stereocenters. The molecule has 0 unspecified atom stereocenters. The van der Waals surface area contributed by atoms with E-state index in [-0.39, 0.29) is 17.6 Å². The van der Waals surface area contributed by atoms with Crippen molar-refractivity contribution in [2.24, 2.45) is 5.73 Å². The zero-order valence-corrected chi connectivity index (χ0v) is 24.4. The van der Waals surface area contributed by atoms with Gasteiger partial charge in [-0.15, -0.1) is 0 Å². The molecule has 45 heavy (non-hydrogen) atoms. The van der Waals surface area contributed by atoms with Gasteiger partial charge in [-0.2, -0.15) is 8.78 Å². The van der Waals surface area contributed by atoms with Crippen molar-refractivity contribution >= 4 is 29.0 Å². The van der Waals surface area contributed by atoms with Crippen molar-refractivity contribution < 1.29 is 23.1 Å². The second-order valence-electron chi connectivity index (χ2n) is 10.7. The fourth-order valence-corrected chi connectivity index (χ4v) is 5.40. The summed E-state index contributed by atoms with van der Waals surface area (Å²) in [4.78, 5) is 45.6. The first kappa shape index (κ1) is 29.7. The molecule has 0 aliphatic carbocycles. The third-order valence-electron chi connectivity index (χ3n) is 7.71. The quantitative estimate of drug-likeness (QED) is 0.228.